The number of piperidine rings is 1. The monoisotopic (exact) mass is 240 g/mol. The first kappa shape index (κ1) is 13.3. The van der Waals surface area contributed by atoms with Gasteiger partial charge in [0.05, 0.1) is 6.10 Å². The van der Waals surface area contributed by atoms with Crippen molar-refractivity contribution >= 4 is 0 Å². The van der Waals surface area contributed by atoms with Crippen LogP contribution in [0.1, 0.15) is 46.0 Å². The van der Waals surface area contributed by atoms with Crippen molar-refractivity contribution in [2.24, 2.45) is 11.7 Å². The summed E-state index contributed by atoms with van der Waals surface area (Å²) in [6, 6.07) is 1.61. The molecule has 1 heterocycles. The number of methoxy groups -OCH3 is 1. The Bertz CT molecular complexity index is 246. The molecule has 17 heavy (non-hydrogen) atoms. The van der Waals surface area contributed by atoms with Gasteiger partial charge in [-0.3, -0.25) is 4.90 Å². The van der Waals surface area contributed by atoms with E-state index >= 15 is 0 Å². The summed E-state index contributed by atoms with van der Waals surface area (Å²) in [6.45, 7) is 5.85. The topological polar surface area (TPSA) is 38.5 Å². The quantitative estimate of drug-likeness (QED) is 0.802. The van der Waals surface area contributed by atoms with Crippen LogP contribution in [0.5, 0.6) is 0 Å². The van der Waals surface area contributed by atoms with Crippen LogP contribution in [0, 0.1) is 5.92 Å². The largest absolute Gasteiger partial charge is 0.381 e. The smallest absolute Gasteiger partial charge is 0.0598 e. The summed E-state index contributed by atoms with van der Waals surface area (Å²) >= 11 is 0. The fourth-order valence-electron chi connectivity index (χ4n) is 3.61. The van der Waals surface area contributed by atoms with Crippen molar-refractivity contribution in [2.45, 2.75) is 70.2 Å². The van der Waals surface area contributed by atoms with Gasteiger partial charge in [0.2, 0.25) is 0 Å². The zero-order valence-corrected chi connectivity index (χ0v) is 11.6. The molecule has 0 aromatic heterocycles. The molecule has 0 aromatic rings. The molecular weight excluding hydrogens is 212 g/mol. The van der Waals surface area contributed by atoms with E-state index in [2.05, 4.69) is 18.7 Å². The minimum Gasteiger partial charge on any atom is -0.381 e. The lowest BCUT2D eigenvalue weighted by Crippen LogP contribution is -2.57. The lowest BCUT2D eigenvalue weighted by molar-refractivity contribution is -0.0164. The van der Waals surface area contributed by atoms with Crippen molar-refractivity contribution < 1.29 is 4.74 Å². The van der Waals surface area contributed by atoms with Gasteiger partial charge in [-0.15, -0.1) is 0 Å². The van der Waals surface area contributed by atoms with Gasteiger partial charge in [-0.05, 0) is 44.9 Å². The van der Waals surface area contributed by atoms with E-state index in [4.69, 9.17) is 10.5 Å². The Balaban J connectivity index is 1.96. The van der Waals surface area contributed by atoms with Gasteiger partial charge in [0.25, 0.3) is 0 Å². The van der Waals surface area contributed by atoms with E-state index in [1.165, 1.54) is 25.7 Å². The Kier molecular flexibility index (Phi) is 4.45. The number of rotatable bonds is 2. The highest BCUT2D eigenvalue weighted by atomic mass is 16.5. The van der Waals surface area contributed by atoms with Crippen LogP contribution in [0.3, 0.4) is 0 Å². The standard InChI is InChI=1S/C14H28N2O/c1-10-4-5-13(15)14(8-10)16-7-6-12(17-3)9-11(16)2/h10-14H,4-9,15H2,1-3H3. The first-order valence-electron chi connectivity index (χ1n) is 7.16. The highest BCUT2D eigenvalue weighted by Crippen LogP contribution is 2.31. The molecule has 0 amide bonds. The minimum absolute atomic E-state index is 0.382. The van der Waals surface area contributed by atoms with Gasteiger partial charge in [0.1, 0.15) is 0 Å². The Morgan fingerprint density at radius 1 is 1.12 bits per heavy atom. The Morgan fingerprint density at radius 2 is 1.88 bits per heavy atom. The van der Waals surface area contributed by atoms with E-state index in [9.17, 15) is 0 Å². The van der Waals surface area contributed by atoms with Gasteiger partial charge in [0.15, 0.2) is 0 Å². The third-order valence-corrected chi connectivity index (χ3v) is 4.77. The van der Waals surface area contributed by atoms with Gasteiger partial charge in [-0.2, -0.15) is 0 Å². The Morgan fingerprint density at radius 3 is 2.53 bits per heavy atom. The second-order valence-corrected chi connectivity index (χ2v) is 6.12. The van der Waals surface area contributed by atoms with E-state index in [1.54, 1.807) is 0 Å². The summed E-state index contributed by atoms with van der Waals surface area (Å²) in [7, 11) is 1.83. The number of hydrogen-bond donors (Lipinski definition) is 1. The maximum Gasteiger partial charge on any atom is 0.0598 e. The summed E-state index contributed by atoms with van der Waals surface area (Å²) < 4.78 is 5.49. The molecule has 0 bridgehead atoms. The van der Waals surface area contributed by atoms with Crippen LogP contribution in [-0.4, -0.2) is 42.8 Å². The highest BCUT2D eigenvalue weighted by molar-refractivity contribution is 4.93. The highest BCUT2D eigenvalue weighted by Gasteiger charge is 2.36. The average molecular weight is 240 g/mol. The Hall–Kier alpha value is -0.120. The third-order valence-electron chi connectivity index (χ3n) is 4.77. The summed E-state index contributed by atoms with van der Waals surface area (Å²) in [4.78, 5) is 2.65. The molecule has 5 atom stereocenters. The lowest BCUT2D eigenvalue weighted by atomic mass is 9.81. The predicted octanol–water partition coefficient (Wildman–Crippen LogP) is 2.00. The molecule has 2 rings (SSSR count). The van der Waals surface area contributed by atoms with Crippen LogP contribution in [-0.2, 0) is 4.74 Å². The first-order valence-corrected chi connectivity index (χ1v) is 7.16. The van der Waals surface area contributed by atoms with Crippen molar-refractivity contribution in [3.05, 3.63) is 0 Å². The lowest BCUT2D eigenvalue weighted by Gasteiger charge is -2.47. The normalized spacial score (nSPS) is 44.8. The maximum absolute atomic E-state index is 6.33. The molecule has 0 radical (unpaired) electrons. The van der Waals surface area contributed by atoms with E-state index in [0.29, 0.717) is 24.2 Å². The van der Waals surface area contributed by atoms with Crippen molar-refractivity contribution in [3.63, 3.8) is 0 Å². The molecule has 1 saturated carbocycles. The Labute approximate surface area is 106 Å². The molecule has 2 N–H and O–H groups in total. The molecule has 0 spiro atoms. The van der Waals surface area contributed by atoms with Gasteiger partial charge in [0, 0.05) is 31.8 Å². The van der Waals surface area contributed by atoms with Crippen LogP contribution in [0.15, 0.2) is 0 Å². The molecule has 100 valence electrons. The SMILES string of the molecule is COC1CCN(C2CC(C)CCC2N)C(C)C1. The van der Waals surface area contributed by atoms with Crippen LogP contribution < -0.4 is 5.73 Å². The van der Waals surface area contributed by atoms with Gasteiger partial charge >= 0.3 is 0 Å². The molecule has 1 aliphatic heterocycles. The van der Waals surface area contributed by atoms with Crippen LogP contribution >= 0.6 is 0 Å². The number of ether oxygens (including phenoxy) is 1. The predicted molar refractivity (Wildman–Crippen MR) is 71.0 cm³/mol. The van der Waals surface area contributed by atoms with E-state index in [1.807, 2.05) is 7.11 Å². The van der Waals surface area contributed by atoms with E-state index < -0.39 is 0 Å². The number of likely N-dealkylation sites (tertiary alicyclic amines) is 1. The fraction of sp³-hybridized carbons (Fsp3) is 1.00. The van der Waals surface area contributed by atoms with Crippen molar-refractivity contribution in [3.8, 4) is 0 Å². The van der Waals surface area contributed by atoms with Crippen LogP contribution in [0.2, 0.25) is 0 Å². The van der Waals surface area contributed by atoms with Crippen molar-refractivity contribution in [1.82, 2.24) is 4.90 Å². The summed E-state index contributed by atoms with van der Waals surface area (Å²) in [5.74, 6) is 0.840. The molecule has 3 heteroatoms. The second-order valence-electron chi connectivity index (χ2n) is 6.12. The molecule has 0 aromatic carbocycles. The zero-order chi connectivity index (χ0) is 12.4. The molecule has 1 saturated heterocycles. The second kappa shape index (κ2) is 5.68. The summed E-state index contributed by atoms with van der Waals surface area (Å²) in [6.07, 6.45) is 6.57. The maximum atomic E-state index is 6.33. The minimum atomic E-state index is 0.382. The fourth-order valence-corrected chi connectivity index (χ4v) is 3.61. The number of nitrogens with two attached hydrogens (primary N) is 1. The molecule has 1 aliphatic carbocycles. The molecule has 2 fully saturated rings. The molecule has 3 nitrogen and oxygen atoms in total. The van der Waals surface area contributed by atoms with E-state index in [-0.39, 0.29) is 0 Å². The number of nitrogens with zero attached hydrogens (tertiary/aromatic N) is 1. The number of hydrogen-bond acceptors (Lipinski definition) is 3. The third kappa shape index (κ3) is 3.01. The average Bonchev–Trinajstić information content (AvgIpc) is 2.32. The van der Waals surface area contributed by atoms with Crippen LogP contribution in [0.4, 0.5) is 0 Å². The summed E-state index contributed by atoms with van der Waals surface area (Å²) in [5, 5.41) is 0. The molecule has 2 aliphatic rings. The molecule has 5 unspecified atom stereocenters. The van der Waals surface area contributed by atoms with Crippen LogP contribution in [0.25, 0.3) is 0 Å². The first-order chi connectivity index (χ1) is 8.11. The van der Waals surface area contributed by atoms with E-state index in [0.717, 1.165) is 18.9 Å². The molecular formula is C14H28N2O. The van der Waals surface area contributed by atoms with Gasteiger partial charge < -0.3 is 10.5 Å². The van der Waals surface area contributed by atoms with Gasteiger partial charge in [-0.25, -0.2) is 0 Å². The van der Waals surface area contributed by atoms with Crippen molar-refractivity contribution in [1.29, 1.82) is 0 Å². The van der Waals surface area contributed by atoms with Gasteiger partial charge in [-0.1, -0.05) is 6.92 Å². The van der Waals surface area contributed by atoms with Crippen molar-refractivity contribution in [2.75, 3.05) is 13.7 Å². The summed E-state index contributed by atoms with van der Waals surface area (Å²) in [5.41, 5.74) is 6.33. The zero-order valence-electron chi connectivity index (χ0n) is 11.6.